The maximum absolute atomic E-state index is 8.95. The molecule has 4 nitrogen and oxygen atoms in total. The third-order valence-corrected chi connectivity index (χ3v) is 1.82. The minimum absolute atomic E-state index is 0.151. The van der Waals surface area contributed by atoms with E-state index in [9.17, 15) is 0 Å². The van der Waals surface area contributed by atoms with Crippen molar-refractivity contribution in [2.45, 2.75) is 37.3 Å². The average molecular weight is 148 g/mol. The number of hydrogen-bond acceptors (Lipinski definition) is 4. The Labute approximate surface area is 58.7 Å². The summed E-state index contributed by atoms with van der Waals surface area (Å²) in [7, 11) is 0. The third kappa shape index (κ3) is 1.46. The van der Waals surface area contributed by atoms with Gasteiger partial charge in [-0.3, -0.25) is 0 Å². The predicted octanol–water partition coefficient (Wildman–Crippen LogP) is -1.78. The molecule has 0 bridgehead atoms. The highest BCUT2D eigenvalue weighted by Gasteiger charge is 2.33. The lowest BCUT2D eigenvalue weighted by atomic mass is 9.90. The molecule has 0 amide bonds. The number of hydrogen-bond donors (Lipinski definition) is 4. The predicted molar refractivity (Wildman–Crippen MR) is 33.3 cm³/mol. The SMILES string of the molecule is OC1C[C@H](O)C(O)[C@@H](O)C1. The first-order valence-electron chi connectivity index (χ1n) is 3.33. The Morgan fingerprint density at radius 3 is 1.60 bits per heavy atom. The van der Waals surface area contributed by atoms with E-state index < -0.39 is 24.4 Å². The van der Waals surface area contributed by atoms with Crippen molar-refractivity contribution in [2.24, 2.45) is 0 Å². The van der Waals surface area contributed by atoms with Gasteiger partial charge >= 0.3 is 0 Å². The molecule has 0 unspecified atom stereocenters. The van der Waals surface area contributed by atoms with Crippen LogP contribution in [0.25, 0.3) is 0 Å². The number of aliphatic hydroxyl groups is 4. The van der Waals surface area contributed by atoms with Crippen molar-refractivity contribution in [3.8, 4) is 0 Å². The van der Waals surface area contributed by atoms with Crippen LogP contribution < -0.4 is 0 Å². The van der Waals surface area contributed by atoms with Gasteiger partial charge in [0.1, 0.15) is 6.10 Å². The summed E-state index contributed by atoms with van der Waals surface area (Å²) < 4.78 is 0. The van der Waals surface area contributed by atoms with E-state index in [1.165, 1.54) is 0 Å². The van der Waals surface area contributed by atoms with Gasteiger partial charge in [-0.1, -0.05) is 0 Å². The molecule has 4 heteroatoms. The zero-order valence-electron chi connectivity index (χ0n) is 5.51. The van der Waals surface area contributed by atoms with Crippen molar-refractivity contribution in [1.29, 1.82) is 0 Å². The maximum Gasteiger partial charge on any atom is 0.106 e. The lowest BCUT2D eigenvalue weighted by Crippen LogP contribution is -2.46. The van der Waals surface area contributed by atoms with Crippen molar-refractivity contribution >= 4 is 0 Å². The molecule has 60 valence electrons. The molecule has 1 rings (SSSR count). The van der Waals surface area contributed by atoms with Crippen LogP contribution in [-0.2, 0) is 0 Å². The summed E-state index contributed by atoms with van der Waals surface area (Å²) in [6, 6.07) is 0. The van der Waals surface area contributed by atoms with E-state index in [0.29, 0.717) is 0 Å². The van der Waals surface area contributed by atoms with Gasteiger partial charge in [-0.05, 0) is 0 Å². The molecular formula is C6H12O4. The zero-order chi connectivity index (χ0) is 7.72. The summed E-state index contributed by atoms with van der Waals surface area (Å²) in [5, 5.41) is 35.8. The van der Waals surface area contributed by atoms with Gasteiger partial charge in [0.05, 0.1) is 18.3 Å². The molecule has 10 heavy (non-hydrogen) atoms. The molecule has 0 aromatic rings. The second-order valence-electron chi connectivity index (χ2n) is 2.75. The highest BCUT2D eigenvalue weighted by molar-refractivity contribution is 4.85. The van der Waals surface area contributed by atoms with E-state index in [2.05, 4.69) is 0 Å². The van der Waals surface area contributed by atoms with Crippen LogP contribution in [0.4, 0.5) is 0 Å². The standard InChI is InChI=1S/C6H12O4/c7-3-1-4(8)6(10)5(9)2-3/h3-10H,1-2H2/t3?,4-,5-,6?/m0/s1. The normalized spacial score (nSPS) is 49.2. The fourth-order valence-corrected chi connectivity index (χ4v) is 1.19. The van der Waals surface area contributed by atoms with E-state index in [0.717, 1.165) is 0 Å². The summed E-state index contributed by atoms with van der Waals surface area (Å²) in [6.45, 7) is 0. The fourth-order valence-electron chi connectivity index (χ4n) is 1.19. The van der Waals surface area contributed by atoms with Gasteiger partial charge in [-0.2, -0.15) is 0 Å². The van der Waals surface area contributed by atoms with Crippen molar-refractivity contribution in [2.75, 3.05) is 0 Å². The van der Waals surface area contributed by atoms with Crippen molar-refractivity contribution in [1.82, 2.24) is 0 Å². The van der Waals surface area contributed by atoms with E-state index >= 15 is 0 Å². The van der Waals surface area contributed by atoms with Crippen LogP contribution in [0.5, 0.6) is 0 Å². The Kier molecular flexibility index (Phi) is 2.25. The van der Waals surface area contributed by atoms with Gasteiger partial charge in [0.25, 0.3) is 0 Å². The first-order chi connectivity index (χ1) is 4.61. The average Bonchev–Trinajstić information content (AvgIpc) is 1.82. The lowest BCUT2D eigenvalue weighted by Gasteiger charge is -2.31. The summed E-state index contributed by atoms with van der Waals surface area (Å²) >= 11 is 0. The van der Waals surface area contributed by atoms with E-state index in [1.54, 1.807) is 0 Å². The molecule has 0 heterocycles. The summed E-state index contributed by atoms with van der Waals surface area (Å²) in [6.07, 6.45) is -3.45. The van der Waals surface area contributed by atoms with Crippen molar-refractivity contribution < 1.29 is 20.4 Å². The lowest BCUT2D eigenvalue weighted by molar-refractivity contribution is -0.116. The molecule has 0 aliphatic heterocycles. The minimum Gasteiger partial charge on any atom is -0.393 e. The fraction of sp³-hybridized carbons (Fsp3) is 1.00. The van der Waals surface area contributed by atoms with Crippen molar-refractivity contribution in [3.05, 3.63) is 0 Å². The zero-order valence-corrected chi connectivity index (χ0v) is 5.51. The Bertz CT molecular complexity index is 104. The molecule has 1 fully saturated rings. The van der Waals surface area contributed by atoms with E-state index in [1.807, 2.05) is 0 Å². The summed E-state index contributed by atoms with van der Waals surface area (Å²) in [4.78, 5) is 0. The van der Waals surface area contributed by atoms with Crippen LogP contribution in [0.1, 0.15) is 12.8 Å². The van der Waals surface area contributed by atoms with Crippen molar-refractivity contribution in [3.63, 3.8) is 0 Å². The second-order valence-corrected chi connectivity index (χ2v) is 2.75. The van der Waals surface area contributed by atoms with E-state index in [4.69, 9.17) is 20.4 Å². The Balaban J connectivity index is 2.49. The van der Waals surface area contributed by atoms with Crippen LogP contribution >= 0.6 is 0 Å². The van der Waals surface area contributed by atoms with Crippen LogP contribution in [0, 0.1) is 0 Å². The molecule has 1 aliphatic carbocycles. The smallest absolute Gasteiger partial charge is 0.106 e. The molecule has 0 spiro atoms. The molecule has 4 N–H and O–H groups in total. The van der Waals surface area contributed by atoms with Gasteiger partial charge in [0, 0.05) is 12.8 Å². The van der Waals surface area contributed by atoms with Crippen LogP contribution in [0.15, 0.2) is 0 Å². The topological polar surface area (TPSA) is 80.9 Å². The summed E-state index contributed by atoms with van der Waals surface area (Å²) in [5.74, 6) is 0. The van der Waals surface area contributed by atoms with Gasteiger partial charge in [0.15, 0.2) is 0 Å². The molecule has 1 saturated carbocycles. The Hall–Kier alpha value is -0.160. The Morgan fingerprint density at radius 1 is 0.800 bits per heavy atom. The monoisotopic (exact) mass is 148 g/mol. The molecule has 1 aliphatic rings. The highest BCUT2D eigenvalue weighted by Crippen LogP contribution is 2.19. The van der Waals surface area contributed by atoms with Gasteiger partial charge in [-0.25, -0.2) is 0 Å². The third-order valence-electron chi connectivity index (χ3n) is 1.82. The van der Waals surface area contributed by atoms with Crippen LogP contribution in [0.3, 0.4) is 0 Å². The summed E-state index contributed by atoms with van der Waals surface area (Å²) in [5.41, 5.74) is 0. The Morgan fingerprint density at radius 2 is 1.20 bits per heavy atom. The second kappa shape index (κ2) is 2.84. The molecule has 2 atom stereocenters. The first-order valence-corrected chi connectivity index (χ1v) is 3.33. The van der Waals surface area contributed by atoms with Crippen LogP contribution in [0.2, 0.25) is 0 Å². The molecule has 0 saturated heterocycles. The number of rotatable bonds is 0. The minimum atomic E-state index is -1.09. The molecular weight excluding hydrogens is 136 g/mol. The van der Waals surface area contributed by atoms with E-state index in [-0.39, 0.29) is 12.8 Å². The maximum atomic E-state index is 8.95. The van der Waals surface area contributed by atoms with Crippen LogP contribution in [-0.4, -0.2) is 44.8 Å². The first kappa shape index (κ1) is 7.94. The quantitative estimate of drug-likeness (QED) is 0.327. The van der Waals surface area contributed by atoms with Gasteiger partial charge < -0.3 is 20.4 Å². The largest absolute Gasteiger partial charge is 0.393 e. The van der Waals surface area contributed by atoms with Gasteiger partial charge in [-0.15, -0.1) is 0 Å². The number of aliphatic hydroxyl groups excluding tert-OH is 4. The molecule has 0 radical (unpaired) electrons. The van der Waals surface area contributed by atoms with Gasteiger partial charge in [0.2, 0.25) is 0 Å². The highest BCUT2D eigenvalue weighted by atomic mass is 16.4. The molecule has 0 aromatic carbocycles. The molecule has 0 aromatic heterocycles.